The molecule has 1 saturated carbocycles. The molecule has 2 radical (unpaired) electrons. The molecular formula is C19H24BN6O+. The van der Waals surface area contributed by atoms with E-state index in [1.54, 1.807) is 22.6 Å². The van der Waals surface area contributed by atoms with Crippen molar-refractivity contribution >= 4 is 30.6 Å². The summed E-state index contributed by atoms with van der Waals surface area (Å²) >= 11 is 0. The molecule has 0 spiro atoms. The molecule has 1 fully saturated rings. The summed E-state index contributed by atoms with van der Waals surface area (Å²) in [5.41, 5.74) is 2.33. The Morgan fingerprint density at radius 1 is 1.33 bits per heavy atom. The van der Waals surface area contributed by atoms with Gasteiger partial charge in [-0.05, 0) is 24.4 Å². The average Bonchev–Trinajstić information content (AvgIpc) is 3.08. The van der Waals surface area contributed by atoms with Gasteiger partial charge in [0.1, 0.15) is 26.6 Å². The first-order valence-electron chi connectivity index (χ1n) is 9.42. The molecule has 1 aliphatic rings. The lowest BCUT2D eigenvalue weighted by Crippen LogP contribution is -2.40. The van der Waals surface area contributed by atoms with E-state index in [-0.39, 0.29) is 0 Å². The normalized spacial score (nSPS) is 15.0. The smallest absolute Gasteiger partial charge is 0.227 e. The first kappa shape index (κ1) is 17.6. The van der Waals surface area contributed by atoms with E-state index < -0.39 is 0 Å². The maximum atomic E-state index is 6.07. The number of hydrogen-bond donors (Lipinski definition) is 2. The van der Waals surface area contributed by atoms with Gasteiger partial charge in [-0.3, -0.25) is 4.84 Å². The highest BCUT2D eigenvalue weighted by Gasteiger charge is 2.16. The van der Waals surface area contributed by atoms with Crippen molar-refractivity contribution in [3.05, 3.63) is 42.4 Å². The third kappa shape index (κ3) is 3.99. The summed E-state index contributed by atoms with van der Waals surface area (Å²) in [4.78, 5) is 9.89. The van der Waals surface area contributed by atoms with Gasteiger partial charge in [0, 0.05) is 41.2 Å². The van der Waals surface area contributed by atoms with Crippen LogP contribution < -0.4 is 25.7 Å². The van der Waals surface area contributed by atoms with Crippen LogP contribution in [0.1, 0.15) is 37.7 Å². The second-order valence-electron chi connectivity index (χ2n) is 6.95. The molecule has 4 rings (SSSR count). The van der Waals surface area contributed by atoms with Gasteiger partial charge in [-0.15, -0.1) is 0 Å². The molecule has 138 valence electrons. The fraction of sp³-hybridized carbons (Fsp3) is 0.421. The van der Waals surface area contributed by atoms with Crippen molar-refractivity contribution in [1.82, 2.24) is 14.6 Å². The molecule has 27 heavy (non-hydrogen) atoms. The topological polar surface area (TPSA) is 67.4 Å². The van der Waals surface area contributed by atoms with Crippen LogP contribution in [0.2, 0.25) is 0 Å². The second kappa shape index (κ2) is 7.86. The number of aromatic nitrogens is 4. The number of rotatable bonds is 6. The summed E-state index contributed by atoms with van der Waals surface area (Å²) in [6.45, 7) is 0.631. The van der Waals surface area contributed by atoms with Crippen LogP contribution in [0.25, 0.3) is 5.65 Å². The maximum absolute atomic E-state index is 6.07. The first-order chi connectivity index (χ1) is 13.2. The summed E-state index contributed by atoms with van der Waals surface area (Å²) in [5, 5.41) is 11.4. The van der Waals surface area contributed by atoms with E-state index >= 15 is 0 Å². The fourth-order valence-electron chi connectivity index (χ4n) is 3.55. The van der Waals surface area contributed by atoms with Crippen molar-refractivity contribution < 1.29 is 9.57 Å². The summed E-state index contributed by atoms with van der Waals surface area (Å²) in [7, 11) is 7.71. The molecule has 3 heterocycles. The number of anilines is 2. The Bertz CT molecular complexity index is 922. The van der Waals surface area contributed by atoms with Crippen LogP contribution in [0.3, 0.4) is 0 Å². The van der Waals surface area contributed by atoms with Crippen LogP contribution in [-0.2, 0) is 6.54 Å². The largest absolute Gasteiger partial charge is 0.367 e. The average molecular weight is 363 g/mol. The summed E-state index contributed by atoms with van der Waals surface area (Å²) < 4.78 is 3.41. The Hall–Kier alpha value is -2.77. The van der Waals surface area contributed by atoms with Crippen LogP contribution in [-0.4, -0.2) is 35.6 Å². The monoisotopic (exact) mass is 363 g/mol. The summed E-state index contributed by atoms with van der Waals surface area (Å²) in [6.07, 6.45) is 11.7. The van der Waals surface area contributed by atoms with Crippen molar-refractivity contribution in [2.75, 3.05) is 17.7 Å². The third-order valence-corrected chi connectivity index (χ3v) is 4.98. The Morgan fingerprint density at radius 2 is 2.19 bits per heavy atom. The minimum Gasteiger partial charge on any atom is -0.367 e. The number of pyridine rings is 1. The number of nitrogens with one attached hydrogen (secondary N) is 2. The number of fused-ring (bicyclic) bond motifs is 1. The zero-order valence-electron chi connectivity index (χ0n) is 15.6. The molecule has 0 atom stereocenters. The van der Waals surface area contributed by atoms with Crippen LogP contribution in [0.15, 0.2) is 36.8 Å². The molecule has 2 N–H and O–H groups in total. The highest BCUT2D eigenvalue weighted by Crippen LogP contribution is 2.23. The van der Waals surface area contributed by atoms with E-state index in [4.69, 9.17) is 12.7 Å². The van der Waals surface area contributed by atoms with Gasteiger partial charge in [0.2, 0.25) is 12.4 Å². The Morgan fingerprint density at radius 3 is 3.00 bits per heavy atom. The quantitative estimate of drug-likeness (QED) is 0.509. The Balaban J connectivity index is 1.58. The Labute approximate surface area is 160 Å². The van der Waals surface area contributed by atoms with Gasteiger partial charge in [0.25, 0.3) is 0 Å². The van der Waals surface area contributed by atoms with Gasteiger partial charge < -0.3 is 10.6 Å². The maximum Gasteiger partial charge on any atom is 0.227 e. The van der Waals surface area contributed by atoms with E-state index in [1.807, 2.05) is 30.6 Å². The highest BCUT2D eigenvalue weighted by atomic mass is 16.6. The van der Waals surface area contributed by atoms with Crippen molar-refractivity contribution in [1.29, 1.82) is 0 Å². The van der Waals surface area contributed by atoms with Gasteiger partial charge in [-0.2, -0.15) is 9.61 Å². The minimum absolute atomic E-state index is 0.473. The van der Waals surface area contributed by atoms with E-state index in [0.29, 0.717) is 23.7 Å². The van der Waals surface area contributed by atoms with Gasteiger partial charge in [0.05, 0.1) is 0 Å². The van der Waals surface area contributed by atoms with Crippen molar-refractivity contribution in [2.24, 2.45) is 0 Å². The van der Waals surface area contributed by atoms with Crippen molar-refractivity contribution in [3.63, 3.8) is 0 Å². The molecule has 1 aliphatic carbocycles. The molecule has 0 unspecified atom stereocenters. The molecule has 0 bridgehead atoms. The van der Waals surface area contributed by atoms with Crippen molar-refractivity contribution in [2.45, 2.75) is 44.7 Å². The summed E-state index contributed by atoms with van der Waals surface area (Å²) in [6, 6.07) is 6.46. The Kier molecular flexibility index (Phi) is 5.13. The molecule has 0 amide bonds. The third-order valence-electron chi connectivity index (χ3n) is 4.98. The second-order valence-corrected chi connectivity index (χ2v) is 6.95. The van der Waals surface area contributed by atoms with Gasteiger partial charge in [0.15, 0.2) is 5.65 Å². The summed E-state index contributed by atoms with van der Waals surface area (Å²) in [5.74, 6) is 1.69. The van der Waals surface area contributed by atoms with Crippen LogP contribution in [0.4, 0.5) is 11.6 Å². The van der Waals surface area contributed by atoms with Crippen LogP contribution in [0, 0.1) is 0 Å². The standard InChI is InChI=1S/C19H24BN6O/c1-27-25-9-5-6-14(13-25)11-21-18-10-17(23-15-7-3-2-4-8-15)24-19-16(20)12-22-26(18)19/h5-6,9-10,12-13,15,21H,2-4,7-8,11H2,1H3,(H,23,24)/q+1. The fourth-order valence-corrected chi connectivity index (χ4v) is 3.55. The van der Waals surface area contributed by atoms with E-state index in [0.717, 1.165) is 17.2 Å². The number of nitrogens with zero attached hydrogens (tertiary/aromatic N) is 4. The molecule has 3 aromatic heterocycles. The van der Waals surface area contributed by atoms with E-state index in [1.165, 1.54) is 32.1 Å². The lowest BCUT2D eigenvalue weighted by molar-refractivity contribution is -0.885. The molecule has 0 aliphatic heterocycles. The van der Waals surface area contributed by atoms with Gasteiger partial charge >= 0.3 is 0 Å². The zero-order valence-corrected chi connectivity index (χ0v) is 15.6. The molecule has 0 aromatic carbocycles. The highest BCUT2D eigenvalue weighted by molar-refractivity contribution is 6.36. The number of hydrogen-bond acceptors (Lipinski definition) is 5. The van der Waals surface area contributed by atoms with Crippen molar-refractivity contribution in [3.8, 4) is 0 Å². The van der Waals surface area contributed by atoms with E-state index in [2.05, 4.69) is 20.7 Å². The van der Waals surface area contributed by atoms with Crippen LogP contribution >= 0.6 is 0 Å². The lowest BCUT2D eigenvalue weighted by atomic mass is 9.95. The first-order valence-corrected chi connectivity index (χ1v) is 9.42. The SMILES string of the molecule is [B]c1cnn2c(NCc3ccc[n+](OC)c3)cc(NC3CCCCC3)nc12. The van der Waals surface area contributed by atoms with Crippen LogP contribution in [0.5, 0.6) is 0 Å². The zero-order chi connectivity index (χ0) is 18.6. The van der Waals surface area contributed by atoms with Gasteiger partial charge in [-0.25, -0.2) is 4.98 Å². The molecule has 3 aromatic rings. The van der Waals surface area contributed by atoms with E-state index in [9.17, 15) is 0 Å². The molecular weight excluding hydrogens is 339 g/mol. The molecule has 7 nitrogen and oxygen atoms in total. The molecule has 0 saturated heterocycles. The minimum atomic E-state index is 0.473. The predicted molar refractivity (Wildman–Crippen MR) is 105 cm³/mol. The lowest BCUT2D eigenvalue weighted by Gasteiger charge is -2.23. The predicted octanol–water partition coefficient (Wildman–Crippen LogP) is 1.23. The van der Waals surface area contributed by atoms with Gasteiger partial charge in [-0.1, -0.05) is 19.3 Å². The molecule has 8 heteroatoms.